The molecule has 10 aromatic rings. The van der Waals surface area contributed by atoms with Crippen LogP contribution >= 0.6 is 0 Å². The predicted molar refractivity (Wildman–Crippen MR) is 287 cm³/mol. The fourth-order valence-corrected chi connectivity index (χ4v) is 9.45. The molecule has 0 radical (unpaired) electrons. The van der Waals surface area contributed by atoms with Crippen molar-refractivity contribution in [3.63, 3.8) is 0 Å². The van der Waals surface area contributed by atoms with E-state index in [9.17, 15) is 0 Å². The Labute approximate surface area is 391 Å². The molecule has 0 atom stereocenters. The van der Waals surface area contributed by atoms with Crippen LogP contribution in [0.1, 0.15) is 66.0 Å². The lowest BCUT2D eigenvalue weighted by Gasteiger charge is -2.29. The Balaban J connectivity index is 0.000000449. The summed E-state index contributed by atoms with van der Waals surface area (Å²) in [4.78, 5) is 2.45. The van der Waals surface area contributed by atoms with Crippen molar-refractivity contribution in [1.29, 1.82) is 0 Å². The van der Waals surface area contributed by atoms with E-state index >= 15 is 0 Å². The van der Waals surface area contributed by atoms with Crippen LogP contribution in [0.15, 0.2) is 217 Å². The summed E-state index contributed by atoms with van der Waals surface area (Å²) in [5, 5.41) is 7.22. The molecule has 11 rings (SSSR count). The van der Waals surface area contributed by atoms with Gasteiger partial charge in [-0.15, -0.1) is 0 Å². The quantitative estimate of drug-likeness (QED) is 0.117. The SMILES string of the molecule is C/C=C\C=C/C(C)C.CC1(C)c2ccccc2-c2ccc(N(c3ccc(-c4ccc5oc6ccc(-c7ccccc7)cc6c5c4)cc3)c3cc4ccccc4c4ccccc34)cc21.CCC. The number of allylic oxidation sites excluding steroid dienone is 4. The smallest absolute Gasteiger partial charge is 0.135 e. The van der Waals surface area contributed by atoms with Gasteiger partial charge in [-0.3, -0.25) is 0 Å². The van der Waals surface area contributed by atoms with Crippen molar-refractivity contribution < 1.29 is 4.42 Å². The topological polar surface area (TPSA) is 16.4 Å². The second-order valence-electron chi connectivity index (χ2n) is 18.2. The molecule has 0 bridgehead atoms. The molecule has 0 N–H and O–H groups in total. The molecule has 1 aliphatic carbocycles. The molecule has 2 nitrogen and oxygen atoms in total. The maximum absolute atomic E-state index is 6.31. The van der Waals surface area contributed by atoms with E-state index in [4.69, 9.17) is 4.42 Å². The zero-order chi connectivity index (χ0) is 45.8. The second kappa shape index (κ2) is 19.0. The van der Waals surface area contributed by atoms with Crippen LogP contribution in [0.2, 0.25) is 0 Å². The summed E-state index contributed by atoms with van der Waals surface area (Å²) < 4.78 is 6.31. The van der Waals surface area contributed by atoms with Gasteiger partial charge in [-0.05, 0) is 128 Å². The van der Waals surface area contributed by atoms with E-state index in [0.29, 0.717) is 5.92 Å². The molecule has 2 heteroatoms. The summed E-state index contributed by atoms with van der Waals surface area (Å²) in [6.07, 6.45) is 9.56. The van der Waals surface area contributed by atoms with Crippen molar-refractivity contribution in [1.82, 2.24) is 0 Å². The molecule has 0 aliphatic heterocycles. The van der Waals surface area contributed by atoms with Crippen molar-refractivity contribution in [2.45, 2.75) is 60.3 Å². The molecule has 1 aromatic heterocycles. The minimum atomic E-state index is -0.110. The number of rotatable bonds is 7. The van der Waals surface area contributed by atoms with Gasteiger partial charge in [0.15, 0.2) is 0 Å². The summed E-state index contributed by atoms with van der Waals surface area (Å²) in [5.41, 5.74) is 15.2. The number of anilines is 3. The van der Waals surface area contributed by atoms with Crippen molar-refractivity contribution in [3.8, 4) is 33.4 Å². The summed E-state index contributed by atoms with van der Waals surface area (Å²) >= 11 is 0. The normalized spacial score (nSPS) is 12.7. The van der Waals surface area contributed by atoms with Gasteiger partial charge in [-0.1, -0.05) is 206 Å². The predicted octanol–water partition coefficient (Wildman–Crippen LogP) is 19.2. The lowest BCUT2D eigenvalue weighted by atomic mass is 9.82. The Morgan fingerprint density at radius 1 is 0.485 bits per heavy atom. The van der Waals surface area contributed by atoms with Crippen molar-refractivity contribution in [2.24, 2.45) is 5.92 Å². The molecule has 0 spiro atoms. The minimum absolute atomic E-state index is 0.110. The highest BCUT2D eigenvalue weighted by Crippen LogP contribution is 2.51. The highest BCUT2D eigenvalue weighted by molar-refractivity contribution is 6.15. The number of furan rings is 1. The Morgan fingerprint density at radius 2 is 1.03 bits per heavy atom. The zero-order valence-electron chi connectivity index (χ0n) is 39.3. The van der Waals surface area contributed by atoms with Crippen LogP contribution in [0, 0.1) is 5.92 Å². The monoisotopic (exact) mass is 857 g/mol. The summed E-state index contributed by atoms with van der Waals surface area (Å²) in [6.45, 7) is 15.3. The van der Waals surface area contributed by atoms with Gasteiger partial charge in [0.2, 0.25) is 0 Å². The van der Waals surface area contributed by atoms with Gasteiger partial charge in [0.25, 0.3) is 0 Å². The van der Waals surface area contributed by atoms with E-state index in [2.05, 4.69) is 247 Å². The van der Waals surface area contributed by atoms with Gasteiger partial charge in [-0.2, -0.15) is 0 Å². The van der Waals surface area contributed by atoms with Crippen LogP contribution in [0.3, 0.4) is 0 Å². The van der Waals surface area contributed by atoms with Crippen LogP contribution in [0.5, 0.6) is 0 Å². The van der Waals surface area contributed by atoms with Crippen LogP contribution in [-0.2, 0) is 5.41 Å². The highest BCUT2D eigenvalue weighted by Gasteiger charge is 2.36. The molecule has 0 saturated heterocycles. The molecule has 326 valence electrons. The minimum Gasteiger partial charge on any atom is -0.456 e. The van der Waals surface area contributed by atoms with E-state index in [0.717, 1.165) is 50.1 Å². The fourth-order valence-electron chi connectivity index (χ4n) is 9.45. The first-order valence-corrected chi connectivity index (χ1v) is 23.6. The van der Waals surface area contributed by atoms with E-state index in [1.54, 1.807) is 0 Å². The molecule has 66 heavy (non-hydrogen) atoms. The van der Waals surface area contributed by atoms with Gasteiger partial charge in [-0.25, -0.2) is 0 Å². The fraction of sp³-hybridized carbons (Fsp3) is 0.156. The summed E-state index contributed by atoms with van der Waals surface area (Å²) in [5.74, 6) is 0.672. The molecule has 1 heterocycles. The molecule has 0 unspecified atom stereocenters. The number of hydrogen-bond donors (Lipinski definition) is 0. The van der Waals surface area contributed by atoms with Crippen LogP contribution in [-0.4, -0.2) is 0 Å². The maximum Gasteiger partial charge on any atom is 0.135 e. The molecular formula is C64H59NO. The summed E-state index contributed by atoms with van der Waals surface area (Å²) in [6, 6.07) is 68.5. The van der Waals surface area contributed by atoms with Gasteiger partial charge >= 0.3 is 0 Å². The molecule has 9 aromatic carbocycles. The van der Waals surface area contributed by atoms with Crippen LogP contribution in [0.25, 0.3) is 76.9 Å². The second-order valence-corrected chi connectivity index (χ2v) is 18.2. The number of hydrogen-bond acceptors (Lipinski definition) is 2. The van der Waals surface area contributed by atoms with Crippen LogP contribution in [0.4, 0.5) is 17.1 Å². The standard InChI is InChI=1S/C53H37NO.C8H14.C3H8/c1-53(2)48-19-11-10-17-43(48)44-27-26-40(33-49(44)53)54(50-32-38-14-6-7-15-41(38)42-16-8-9-18-45(42)50)39-24-20-35(21-25-39)37-23-29-52-47(31-37)46-30-36(22-28-51(46)55-52)34-12-4-3-5-13-34;1-4-5-6-7-8(2)3;1-3-2/h3-33H,1-2H3;4-8H,1-3H3;3H2,1-2H3/b;5-4-,7-6-;. The first kappa shape index (κ1) is 43.8. The van der Waals surface area contributed by atoms with Crippen molar-refractivity contribution in [3.05, 3.63) is 223 Å². The van der Waals surface area contributed by atoms with Gasteiger partial charge < -0.3 is 9.32 Å². The Morgan fingerprint density at radius 3 is 1.70 bits per heavy atom. The molecular weight excluding hydrogens is 799 g/mol. The van der Waals surface area contributed by atoms with Gasteiger partial charge in [0.05, 0.1) is 5.69 Å². The first-order valence-electron chi connectivity index (χ1n) is 23.6. The number of benzene rings is 9. The third-order valence-corrected chi connectivity index (χ3v) is 12.6. The zero-order valence-corrected chi connectivity index (χ0v) is 39.3. The van der Waals surface area contributed by atoms with Crippen molar-refractivity contribution in [2.75, 3.05) is 4.90 Å². The maximum atomic E-state index is 6.31. The third kappa shape index (κ3) is 8.48. The molecule has 0 amide bonds. The largest absolute Gasteiger partial charge is 0.456 e. The number of nitrogens with zero attached hydrogens (tertiary/aromatic N) is 1. The van der Waals surface area contributed by atoms with E-state index < -0.39 is 0 Å². The molecule has 1 aliphatic rings. The average molecular weight is 858 g/mol. The summed E-state index contributed by atoms with van der Waals surface area (Å²) in [7, 11) is 0. The van der Waals surface area contributed by atoms with Crippen LogP contribution < -0.4 is 4.90 Å². The number of fused-ring (bicyclic) bond motifs is 9. The van der Waals surface area contributed by atoms with E-state index in [1.807, 2.05) is 19.1 Å². The Kier molecular flexibility index (Phi) is 12.6. The van der Waals surface area contributed by atoms with Crippen molar-refractivity contribution >= 4 is 60.5 Å². The van der Waals surface area contributed by atoms with Gasteiger partial charge in [0, 0.05) is 32.9 Å². The average Bonchev–Trinajstić information content (AvgIpc) is 3.83. The molecule has 0 fully saturated rings. The first-order chi connectivity index (χ1) is 32.2. The van der Waals surface area contributed by atoms with E-state index in [1.165, 1.54) is 61.3 Å². The lowest BCUT2D eigenvalue weighted by molar-refractivity contribution is 0.660. The third-order valence-electron chi connectivity index (χ3n) is 12.6. The molecule has 0 saturated carbocycles. The highest BCUT2D eigenvalue weighted by atomic mass is 16.3. The lowest BCUT2D eigenvalue weighted by Crippen LogP contribution is -2.16. The Hall–Kier alpha value is -7.42. The van der Waals surface area contributed by atoms with Gasteiger partial charge in [0.1, 0.15) is 11.2 Å². The Bertz CT molecular complexity index is 3360. The van der Waals surface area contributed by atoms with E-state index in [-0.39, 0.29) is 5.41 Å².